The van der Waals surface area contributed by atoms with Gasteiger partial charge in [0, 0.05) is 10.9 Å². The molecule has 2 N–H and O–H groups in total. The lowest BCUT2D eigenvalue weighted by Crippen LogP contribution is -2.19. The first-order valence-corrected chi connectivity index (χ1v) is 10.2. The molecule has 0 fully saturated rings. The molecule has 0 aliphatic rings. The van der Waals surface area contributed by atoms with Crippen LogP contribution < -0.4 is 5.32 Å². The van der Waals surface area contributed by atoms with Gasteiger partial charge in [-0.15, -0.1) is 10.2 Å². The summed E-state index contributed by atoms with van der Waals surface area (Å²) in [5, 5.41) is 11.0. The number of anilines is 1. The van der Waals surface area contributed by atoms with Crippen LogP contribution >= 0.6 is 11.8 Å². The van der Waals surface area contributed by atoms with Crippen LogP contribution in [0.4, 0.5) is 32.0 Å². The highest BCUT2D eigenvalue weighted by Crippen LogP contribution is 2.39. The molecule has 0 spiro atoms. The van der Waals surface area contributed by atoms with Crippen molar-refractivity contribution in [3.05, 3.63) is 53.1 Å². The highest BCUT2D eigenvalue weighted by Gasteiger charge is 2.38. The molecule has 4 aromatic rings. The van der Waals surface area contributed by atoms with E-state index in [0.29, 0.717) is 23.3 Å². The number of aromatic nitrogens is 4. The molecule has 6 nitrogen and oxygen atoms in total. The summed E-state index contributed by atoms with van der Waals surface area (Å²) in [6, 6.07) is 6.67. The predicted octanol–water partition coefficient (Wildman–Crippen LogP) is 5.58. The zero-order valence-electron chi connectivity index (χ0n) is 16.6. The Labute approximate surface area is 185 Å². The Morgan fingerprint density at radius 1 is 1.03 bits per heavy atom. The Morgan fingerprint density at radius 2 is 1.79 bits per heavy atom. The van der Waals surface area contributed by atoms with Crippen molar-refractivity contribution in [1.29, 1.82) is 0 Å². The standard InChI is InChI=1S/C20H13F6N5OS/c1-9-2-4-13-11(6-9)16-17(28-13)29-18(31-30-16)33-8-15(32)27-14-5-3-10(19(21,22)23)7-12(14)20(24,25)26/h2-7H,8H2,1H3,(H,27,32)(H,28,29,31). The van der Waals surface area contributed by atoms with Crippen molar-refractivity contribution < 1.29 is 31.1 Å². The molecule has 33 heavy (non-hydrogen) atoms. The Hall–Kier alpha value is -3.35. The molecule has 0 aliphatic carbocycles. The first-order valence-electron chi connectivity index (χ1n) is 9.25. The summed E-state index contributed by atoms with van der Waals surface area (Å²) >= 11 is 0.818. The fraction of sp³-hybridized carbons (Fsp3) is 0.200. The van der Waals surface area contributed by atoms with Crippen molar-refractivity contribution in [2.45, 2.75) is 24.4 Å². The van der Waals surface area contributed by atoms with Gasteiger partial charge in [0.05, 0.1) is 22.6 Å². The third-order valence-electron chi connectivity index (χ3n) is 4.61. The van der Waals surface area contributed by atoms with Crippen LogP contribution in [0, 0.1) is 6.92 Å². The van der Waals surface area contributed by atoms with Gasteiger partial charge in [-0.05, 0) is 37.3 Å². The third kappa shape index (κ3) is 4.87. The first-order chi connectivity index (χ1) is 15.4. The van der Waals surface area contributed by atoms with Crippen LogP contribution in [0.2, 0.25) is 0 Å². The molecule has 0 unspecified atom stereocenters. The summed E-state index contributed by atoms with van der Waals surface area (Å²) in [4.78, 5) is 19.5. The third-order valence-corrected chi connectivity index (χ3v) is 5.45. The van der Waals surface area contributed by atoms with Crippen molar-refractivity contribution in [3.63, 3.8) is 0 Å². The highest BCUT2D eigenvalue weighted by molar-refractivity contribution is 7.99. The molecule has 13 heteroatoms. The molecule has 0 saturated heterocycles. The number of aryl methyl sites for hydroxylation is 1. The normalized spacial score (nSPS) is 12.5. The van der Waals surface area contributed by atoms with E-state index in [1.807, 2.05) is 30.4 Å². The molecule has 0 radical (unpaired) electrons. The average Bonchev–Trinajstić information content (AvgIpc) is 3.08. The molecule has 0 saturated carbocycles. The van der Waals surface area contributed by atoms with Gasteiger partial charge in [-0.1, -0.05) is 23.4 Å². The molecule has 172 valence electrons. The lowest BCUT2D eigenvalue weighted by Gasteiger charge is -2.16. The quantitative estimate of drug-likeness (QED) is 0.291. The summed E-state index contributed by atoms with van der Waals surface area (Å²) < 4.78 is 78.0. The van der Waals surface area contributed by atoms with Gasteiger partial charge in [0.2, 0.25) is 11.1 Å². The highest BCUT2D eigenvalue weighted by atomic mass is 32.2. The van der Waals surface area contributed by atoms with Crippen molar-refractivity contribution >= 4 is 45.4 Å². The number of alkyl halides is 6. The number of fused-ring (bicyclic) bond motifs is 3. The lowest BCUT2D eigenvalue weighted by atomic mass is 10.1. The number of halogens is 6. The summed E-state index contributed by atoms with van der Waals surface area (Å²) in [6.45, 7) is 1.92. The molecule has 0 bridgehead atoms. The molecule has 4 rings (SSSR count). The minimum atomic E-state index is -5.09. The van der Waals surface area contributed by atoms with Crippen LogP contribution in [0.25, 0.3) is 22.1 Å². The van der Waals surface area contributed by atoms with Gasteiger partial charge in [-0.2, -0.15) is 26.3 Å². The van der Waals surface area contributed by atoms with E-state index >= 15 is 0 Å². The lowest BCUT2D eigenvalue weighted by molar-refractivity contribution is -0.142. The fourth-order valence-corrected chi connectivity index (χ4v) is 3.70. The second-order valence-electron chi connectivity index (χ2n) is 7.06. The van der Waals surface area contributed by atoms with Crippen LogP contribution in [-0.2, 0) is 17.1 Å². The van der Waals surface area contributed by atoms with Crippen molar-refractivity contribution in [1.82, 2.24) is 20.2 Å². The van der Waals surface area contributed by atoms with Crippen molar-refractivity contribution in [3.8, 4) is 0 Å². The molecular formula is C20H13F6N5OS. The maximum absolute atomic E-state index is 13.2. The van der Waals surface area contributed by atoms with Crippen LogP contribution in [0.5, 0.6) is 0 Å². The van der Waals surface area contributed by atoms with Gasteiger partial charge < -0.3 is 10.3 Å². The van der Waals surface area contributed by atoms with E-state index in [4.69, 9.17) is 0 Å². The molecule has 0 atom stereocenters. The largest absolute Gasteiger partial charge is 0.418 e. The molecule has 1 amide bonds. The van der Waals surface area contributed by atoms with Gasteiger partial charge >= 0.3 is 12.4 Å². The number of thioether (sulfide) groups is 1. The monoisotopic (exact) mass is 485 g/mol. The fourth-order valence-electron chi connectivity index (χ4n) is 3.11. The Morgan fingerprint density at radius 3 is 2.48 bits per heavy atom. The number of rotatable bonds is 4. The Bertz CT molecular complexity index is 1370. The number of nitrogens with one attached hydrogen (secondary N) is 2. The number of carbonyl (C=O) groups excluding carboxylic acids is 1. The zero-order valence-corrected chi connectivity index (χ0v) is 17.4. The van der Waals surface area contributed by atoms with Crippen LogP contribution in [-0.4, -0.2) is 31.8 Å². The molecule has 2 aromatic carbocycles. The number of hydrogen-bond donors (Lipinski definition) is 2. The Balaban J connectivity index is 1.50. The molecule has 2 heterocycles. The maximum atomic E-state index is 13.2. The van der Waals surface area contributed by atoms with E-state index in [1.54, 1.807) is 0 Å². The number of hydrogen-bond acceptors (Lipinski definition) is 5. The number of H-pyrrole nitrogens is 1. The maximum Gasteiger partial charge on any atom is 0.418 e. The van der Waals surface area contributed by atoms with Crippen LogP contribution in [0.1, 0.15) is 16.7 Å². The van der Waals surface area contributed by atoms with Crippen LogP contribution in [0.15, 0.2) is 41.6 Å². The topological polar surface area (TPSA) is 83.6 Å². The smallest absolute Gasteiger partial charge is 0.338 e. The summed E-state index contributed by atoms with van der Waals surface area (Å²) in [6.07, 6.45) is -10.0. The average molecular weight is 485 g/mol. The molecule has 0 aliphatic heterocycles. The predicted molar refractivity (Wildman–Crippen MR) is 110 cm³/mol. The summed E-state index contributed by atoms with van der Waals surface area (Å²) in [7, 11) is 0. The minimum Gasteiger partial charge on any atom is -0.338 e. The second kappa shape index (κ2) is 8.21. The number of aromatic amines is 1. The summed E-state index contributed by atoms with van der Waals surface area (Å²) in [5.74, 6) is -1.26. The second-order valence-corrected chi connectivity index (χ2v) is 8.00. The van der Waals surface area contributed by atoms with Gasteiger partial charge in [0.15, 0.2) is 5.65 Å². The number of amides is 1. The SMILES string of the molecule is Cc1ccc2[nH]c3nc(SCC(=O)Nc4ccc(C(F)(F)F)cc4C(F)(F)F)nnc3c2c1. The summed E-state index contributed by atoms with van der Waals surface area (Å²) in [5.41, 5.74) is -1.08. The number of benzene rings is 2. The van der Waals surface area contributed by atoms with Gasteiger partial charge in [-0.25, -0.2) is 4.98 Å². The van der Waals surface area contributed by atoms with Gasteiger partial charge in [-0.3, -0.25) is 4.79 Å². The first kappa shape index (κ1) is 22.8. The van der Waals surface area contributed by atoms with Gasteiger partial charge in [0.1, 0.15) is 5.52 Å². The van der Waals surface area contributed by atoms with E-state index in [1.165, 1.54) is 0 Å². The zero-order chi connectivity index (χ0) is 24.0. The van der Waals surface area contributed by atoms with E-state index in [-0.39, 0.29) is 17.0 Å². The van der Waals surface area contributed by atoms with E-state index in [2.05, 4.69) is 20.2 Å². The minimum absolute atomic E-state index is 0.0403. The molecule has 2 aromatic heterocycles. The molecular weight excluding hydrogens is 472 g/mol. The number of carbonyl (C=O) groups is 1. The van der Waals surface area contributed by atoms with Crippen molar-refractivity contribution in [2.24, 2.45) is 0 Å². The van der Waals surface area contributed by atoms with E-state index < -0.39 is 35.1 Å². The van der Waals surface area contributed by atoms with Gasteiger partial charge in [0.25, 0.3) is 0 Å². The number of nitrogens with zero attached hydrogens (tertiary/aromatic N) is 3. The van der Waals surface area contributed by atoms with E-state index in [0.717, 1.165) is 28.2 Å². The van der Waals surface area contributed by atoms with Crippen molar-refractivity contribution in [2.75, 3.05) is 11.1 Å². The van der Waals surface area contributed by atoms with E-state index in [9.17, 15) is 31.1 Å². The Kier molecular flexibility index (Phi) is 5.68. The van der Waals surface area contributed by atoms with Crippen LogP contribution in [0.3, 0.4) is 0 Å².